The van der Waals surface area contributed by atoms with Gasteiger partial charge in [0.2, 0.25) is 0 Å². The van der Waals surface area contributed by atoms with Crippen LogP contribution in [-0.4, -0.2) is 52.2 Å². The summed E-state index contributed by atoms with van der Waals surface area (Å²) >= 11 is 0. The minimum Gasteiger partial charge on any atom is -0.334 e. The van der Waals surface area contributed by atoms with Crippen LogP contribution in [0, 0.1) is 6.92 Å². The number of aromatic nitrogens is 2. The van der Waals surface area contributed by atoms with Crippen molar-refractivity contribution in [3.63, 3.8) is 0 Å². The molecule has 1 aliphatic carbocycles. The lowest BCUT2D eigenvalue weighted by Gasteiger charge is -2.27. The van der Waals surface area contributed by atoms with E-state index in [9.17, 15) is 0 Å². The molecule has 5 heteroatoms. The van der Waals surface area contributed by atoms with Crippen molar-refractivity contribution >= 4 is 0 Å². The zero-order valence-corrected chi connectivity index (χ0v) is 15.2. The van der Waals surface area contributed by atoms with E-state index in [1.54, 1.807) is 0 Å². The highest BCUT2D eigenvalue weighted by Gasteiger charge is 2.25. The zero-order chi connectivity index (χ0) is 17.1. The molecule has 0 atom stereocenters. The molecule has 2 aromatic rings. The lowest BCUT2D eigenvalue weighted by molar-refractivity contribution is 0.197. The van der Waals surface area contributed by atoms with Crippen LogP contribution in [-0.2, 0) is 6.54 Å². The second-order valence-corrected chi connectivity index (χ2v) is 7.43. The zero-order valence-electron chi connectivity index (χ0n) is 15.2. The molecule has 4 rings (SSSR count). The first-order valence-corrected chi connectivity index (χ1v) is 9.64. The summed E-state index contributed by atoms with van der Waals surface area (Å²) in [6.07, 6.45) is 6.85. The Morgan fingerprint density at radius 2 is 1.88 bits per heavy atom. The number of rotatable bonds is 4. The predicted molar refractivity (Wildman–Crippen MR) is 98.2 cm³/mol. The Balaban J connectivity index is 1.37. The fraction of sp³-hybridized carbons (Fsp3) is 0.600. The minimum atomic E-state index is 0.635. The smallest absolute Gasteiger partial charge is 0.258 e. The van der Waals surface area contributed by atoms with Crippen molar-refractivity contribution in [2.45, 2.75) is 51.6 Å². The minimum absolute atomic E-state index is 0.635. The van der Waals surface area contributed by atoms with E-state index in [0.717, 1.165) is 37.1 Å². The monoisotopic (exact) mass is 340 g/mol. The van der Waals surface area contributed by atoms with Crippen molar-refractivity contribution in [1.29, 1.82) is 0 Å². The molecule has 0 amide bonds. The maximum absolute atomic E-state index is 5.51. The Morgan fingerprint density at radius 1 is 1.04 bits per heavy atom. The summed E-state index contributed by atoms with van der Waals surface area (Å²) in [6, 6.07) is 8.99. The Bertz CT molecular complexity index is 693. The predicted octanol–water partition coefficient (Wildman–Crippen LogP) is 3.50. The summed E-state index contributed by atoms with van der Waals surface area (Å²) in [6.45, 7) is 7.50. The van der Waals surface area contributed by atoms with Gasteiger partial charge in [0.1, 0.15) is 0 Å². The summed E-state index contributed by atoms with van der Waals surface area (Å²) in [7, 11) is 0. The Hall–Kier alpha value is -1.72. The number of aryl methyl sites for hydroxylation is 1. The van der Waals surface area contributed by atoms with Crippen molar-refractivity contribution < 1.29 is 4.52 Å². The van der Waals surface area contributed by atoms with Gasteiger partial charge in [0.15, 0.2) is 5.82 Å². The molecule has 2 fully saturated rings. The third-order valence-electron chi connectivity index (χ3n) is 5.67. The van der Waals surface area contributed by atoms with Crippen LogP contribution in [0.1, 0.15) is 43.5 Å². The average molecular weight is 340 g/mol. The molecule has 0 N–H and O–H groups in total. The number of benzene rings is 1. The van der Waals surface area contributed by atoms with Crippen molar-refractivity contribution in [2.75, 3.05) is 26.2 Å². The molecule has 1 saturated heterocycles. The van der Waals surface area contributed by atoms with Crippen molar-refractivity contribution in [1.82, 2.24) is 19.9 Å². The Morgan fingerprint density at radius 3 is 2.72 bits per heavy atom. The van der Waals surface area contributed by atoms with E-state index in [1.165, 1.54) is 50.8 Å². The highest BCUT2D eigenvalue weighted by molar-refractivity contribution is 5.57. The standard InChI is InChI=1S/C20H28N4O/c1-16-7-2-5-10-18(16)20-21-19(22-25-20)15-23-11-6-12-24(14-13-23)17-8-3-4-9-17/h2,5,7,10,17H,3-4,6,8-9,11-15H2,1H3. The first-order valence-electron chi connectivity index (χ1n) is 9.64. The van der Waals surface area contributed by atoms with Gasteiger partial charge in [-0.2, -0.15) is 4.98 Å². The number of hydrogen-bond donors (Lipinski definition) is 0. The molecule has 25 heavy (non-hydrogen) atoms. The second kappa shape index (κ2) is 7.67. The fourth-order valence-electron chi connectivity index (χ4n) is 4.22. The second-order valence-electron chi connectivity index (χ2n) is 7.43. The van der Waals surface area contributed by atoms with E-state index in [2.05, 4.69) is 32.9 Å². The maximum atomic E-state index is 5.51. The number of nitrogens with zero attached hydrogens (tertiary/aromatic N) is 4. The van der Waals surface area contributed by atoms with E-state index in [4.69, 9.17) is 4.52 Å². The Kier molecular flexibility index (Phi) is 5.13. The van der Waals surface area contributed by atoms with Gasteiger partial charge in [-0.1, -0.05) is 36.2 Å². The third-order valence-corrected chi connectivity index (χ3v) is 5.67. The van der Waals surface area contributed by atoms with Crippen LogP contribution < -0.4 is 0 Å². The molecular weight excluding hydrogens is 312 g/mol. The van der Waals surface area contributed by atoms with E-state index in [0.29, 0.717) is 5.89 Å². The SMILES string of the molecule is Cc1ccccc1-c1nc(CN2CCCN(C3CCCC3)CC2)no1. The van der Waals surface area contributed by atoms with Crippen LogP contribution in [0.2, 0.25) is 0 Å². The van der Waals surface area contributed by atoms with Crippen LogP contribution >= 0.6 is 0 Å². The largest absolute Gasteiger partial charge is 0.334 e. The van der Waals surface area contributed by atoms with Gasteiger partial charge in [0.25, 0.3) is 5.89 Å². The maximum Gasteiger partial charge on any atom is 0.258 e. The Labute approximate surface area is 150 Å². The van der Waals surface area contributed by atoms with Crippen LogP contribution in [0.3, 0.4) is 0 Å². The topological polar surface area (TPSA) is 45.4 Å². The van der Waals surface area contributed by atoms with E-state index in [1.807, 2.05) is 18.2 Å². The molecule has 1 saturated carbocycles. The van der Waals surface area contributed by atoms with Gasteiger partial charge in [-0.3, -0.25) is 9.80 Å². The van der Waals surface area contributed by atoms with E-state index in [-0.39, 0.29) is 0 Å². The van der Waals surface area contributed by atoms with Gasteiger partial charge in [0, 0.05) is 24.7 Å². The highest BCUT2D eigenvalue weighted by atomic mass is 16.5. The van der Waals surface area contributed by atoms with Gasteiger partial charge in [-0.05, 0) is 50.9 Å². The first kappa shape index (κ1) is 16.7. The summed E-state index contributed by atoms with van der Waals surface area (Å²) in [5, 5.41) is 4.21. The molecule has 1 aromatic heterocycles. The molecular formula is C20H28N4O. The fourth-order valence-corrected chi connectivity index (χ4v) is 4.22. The molecule has 1 aromatic carbocycles. The van der Waals surface area contributed by atoms with Gasteiger partial charge >= 0.3 is 0 Å². The number of hydrogen-bond acceptors (Lipinski definition) is 5. The van der Waals surface area contributed by atoms with Gasteiger partial charge < -0.3 is 4.52 Å². The normalized spacial score (nSPS) is 20.8. The average Bonchev–Trinajstić information content (AvgIpc) is 3.25. The lowest BCUT2D eigenvalue weighted by Crippen LogP contribution is -2.36. The van der Waals surface area contributed by atoms with Gasteiger partial charge in [0.05, 0.1) is 6.54 Å². The third kappa shape index (κ3) is 3.93. The molecule has 2 aliphatic rings. The summed E-state index contributed by atoms with van der Waals surface area (Å²) in [5.41, 5.74) is 2.20. The molecule has 0 radical (unpaired) electrons. The molecule has 0 bridgehead atoms. The van der Waals surface area contributed by atoms with Gasteiger partial charge in [-0.25, -0.2) is 0 Å². The molecule has 134 valence electrons. The first-order chi connectivity index (χ1) is 12.3. The van der Waals surface area contributed by atoms with E-state index >= 15 is 0 Å². The van der Waals surface area contributed by atoms with Crippen LogP contribution in [0.5, 0.6) is 0 Å². The van der Waals surface area contributed by atoms with Crippen LogP contribution in [0.25, 0.3) is 11.5 Å². The van der Waals surface area contributed by atoms with Crippen LogP contribution in [0.4, 0.5) is 0 Å². The lowest BCUT2D eigenvalue weighted by atomic mass is 10.1. The molecule has 0 spiro atoms. The van der Waals surface area contributed by atoms with Crippen molar-refractivity contribution in [3.05, 3.63) is 35.7 Å². The van der Waals surface area contributed by atoms with Gasteiger partial charge in [-0.15, -0.1) is 0 Å². The molecule has 2 heterocycles. The summed E-state index contributed by atoms with van der Waals surface area (Å²) < 4.78 is 5.51. The summed E-state index contributed by atoms with van der Waals surface area (Å²) in [4.78, 5) is 9.81. The van der Waals surface area contributed by atoms with Crippen molar-refractivity contribution in [2.24, 2.45) is 0 Å². The van der Waals surface area contributed by atoms with E-state index < -0.39 is 0 Å². The molecule has 1 aliphatic heterocycles. The quantitative estimate of drug-likeness (QED) is 0.852. The molecule has 0 unspecified atom stereocenters. The highest BCUT2D eigenvalue weighted by Crippen LogP contribution is 2.25. The summed E-state index contributed by atoms with van der Waals surface area (Å²) in [5.74, 6) is 1.43. The van der Waals surface area contributed by atoms with Crippen LogP contribution in [0.15, 0.2) is 28.8 Å². The molecule has 5 nitrogen and oxygen atoms in total. The van der Waals surface area contributed by atoms with Crippen molar-refractivity contribution in [3.8, 4) is 11.5 Å².